The Labute approximate surface area is 181 Å². The molecule has 3 rings (SSSR count). The van der Waals surface area contributed by atoms with Gasteiger partial charge in [0.2, 0.25) is 0 Å². The number of hydrogen-bond acceptors (Lipinski definition) is 4. The Hall–Kier alpha value is -2.73. The maximum Gasteiger partial charge on any atom is 0.326 e. The van der Waals surface area contributed by atoms with Crippen LogP contribution in [0.4, 0.5) is 0 Å². The van der Waals surface area contributed by atoms with Gasteiger partial charge in [0.25, 0.3) is 5.91 Å². The van der Waals surface area contributed by atoms with Crippen molar-refractivity contribution in [3.05, 3.63) is 64.0 Å². The van der Waals surface area contributed by atoms with Crippen molar-refractivity contribution >= 4 is 33.4 Å². The fourth-order valence-electron chi connectivity index (χ4n) is 3.25. The maximum absolute atomic E-state index is 12.7. The molecule has 5 nitrogen and oxygen atoms in total. The second-order valence-electron chi connectivity index (χ2n) is 7.51. The number of rotatable bonds is 7. The largest absolute Gasteiger partial charge is 0.465 e. The van der Waals surface area contributed by atoms with Crippen LogP contribution in [-0.2, 0) is 33.7 Å². The van der Waals surface area contributed by atoms with Gasteiger partial charge in [0.15, 0.2) is 4.80 Å². The zero-order valence-corrected chi connectivity index (χ0v) is 18.8. The van der Waals surface area contributed by atoms with Gasteiger partial charge in [-0.15, -0.1) is 0 Å². The zero-order valence-electron chi connectivity index (χ0n) is 18.0. The average molecular weight is 425 g/mol. The molecule has 0 bridgehead atoms. The molecule has 0 saturated carbocycles. The van der Waals surface area contributed by atoms with Crippen molar-refractivity contribution in [2.75, 3.05) is 6.61 Å². The highest BCUT2D eigenvalue weighted by Gasteiger charge is 2.13. The standard InChI is InChI=1S/C24H28N2O3S/c1-5-17-9-12-20-21(13-17)30-24(26(20)15-23(28)29-6-2)25-22(27)14-18-7-10-19(11-8-18)16(3)4/h7-13,16H,5-6,14-15H2,1-4H3. The summed E-state index contributed by atoms with van der Waals surface area (Å²) in [5, 5.41) is 0. The van der Waals surface area contributed by atoms with Gasteiger partial charge in [-0.3, -0.25) is 9.59 Å². The molecular weight excluding hydrogens is 396 g/mol. The van der Waals surface area contributed by atoms with Gasteiger partial charge in [0.1, 0.15) is 6.54 Å². The number of nitrogens with zero attached hydrogens (tertiary/aromatic N) is 2. The quantitative estimate of drug-likeness (QED) is 0.520. The van der Waals surface area contributed by atoms with Gasteiger partial charge in [0.05, 0.1) is 23.2 Å². The number of ether oxygens (including phenoxy) is 1. The summed E-state index contributed by atoms with van der Waals surface area (Å²) in [6.45, 7) is 8.52. The monoisotopic (exact) mass is 424 g/mol. The van der Waals surface area contributed by atoms with Crippen LogP contribution in [0.5, 0.6) is 0 Å². The smallest absolute Gasteiger partial charge is 0.326 e. The van der Waals surface area contributed by atoms with Crippen LogP contribution in [0.2, 0.25) is 0 Å². The lowest BCUT2D eigenvalue weighted by Crippen LogP contribution is -2.23. The molecule has 6 heteroatoms. The van der Waals surface area contributed by atoms with Gasteiger partial charge < -0.3 is 9.30 Å². The van der Waals surface area contributed by atoms with Gasteiger partial charge in [-0.2, -0.15) is 4.99 Å². The molecule has 2 aromatic carbocycles. The Bertz CT molecular complexity index is 1110. The summed E-state index contributed by atoms with van der Waals surface area (Å²) < 4.78 is 7.89. The molecule has 30 heavy (non-hydrogen) atoms. The zero-order chi connectivity index (χ0) is 21.7. The molecule has 0 N–H and O–H groups in total. The van der Waals surface area contributed by atoms with E-state index in [1.54, 1.807) is 11.5 Å². The molecule has 0 unspecified atom stereocenters. The molecule has 0 aliphatic heterocycles. The fraction of sp³-hybridized carbons (Fsp3) is 0.375. The van der Waals surface area contributed by atoms with Crippen molar-refractivity contribution < 1.29 is 14.3 Å². The van der Waals surface area contributed by atoms with Crippen LogP contribution in [0, 0.1) is 0 Å². The molecule has 3 aromatic rings. The van der Waals surface area contributed by atoms with Gasteiger partial charge in [0, 0.05) is 0 Å². The first-order chi connectivity index (χ1) is 14.4. The lowest BCUT2D eigenvalue weighted by molar-refractivity contribution is -0.143. The predicted molar refractivity (Wildman–Crippen MR) is 121 cm³/mol. The van der Waals surface area contributed by atoms with Crippen molar-refractivity contribution in [1.29, 1.82) is 0 Å². The molecule has 0 fully saturated rings. The number of fused-ring (bicyclic) bond motifs is 1. The topological polar surface area (TPSA) is 60.7 Å². The Balaban J connectivity index is 1.94. The fourth-order valence-corrected chi connectivity index (χ4v) is 4.36. The molecular formula is C24H28N2O3S. The first kappa shape index (κ1) is 22.0. The number of thiazole rings is 1. The Morgan fingerprint density at radius 1 is 1.07 bits per heavy atom. The number of carbonyl (C=O) groups is 2. The van der Waals surface area contributed by atoms with E-state index in [4.69, 9.17) is 4.74 Å². The van der Waals surface area contributed by atoms with Crippen LogP contribution in [0.25, 0.3) is 10.2 Å². The van der Waals surface area contributed by atoms with E-state index in [1.807, 2.05) is 24.3 Å². The highest BCUT2D eigenvalue weighted by molar-refractivity contribution is 7.16. The van der Waals surface area contributed by atoms with E-state index in [1.165, 1.54) is 22.5 Å². The molecule has 0 radical (unpaired) electrons. The molecule has 0 spiro atoms. The van der Waals surface area contributed by atoms with Gasteiger partial charge in [-0.1, -0.05) is 62.4 Å². The van der Waals surface area contributed by atoms with E-state index in [-0.39, 0.29) is 24.8 Å². The number of aromatic nitrogens is 1. The molecule has 0 aliphatic carbocycles. The van der Waals surface area contributed by atoms with E-state index in [2.05, 4.69) is 44.0 Å². The summed E-state index contributed by atoms with van der Waals surface area (Å²) in [6.07, 6.45) is 1.15. The first-order valence-corrected chi connectivity index (χ1v) is 11.2. The van der Waals surface area contributed by atoms with Crippen molar-refractivity contribution in [3.63, 3.8) is 0 Å². The average Bonchev–Trinajstić information content (AvgIpc) is 3.04. The van der Waals surface area contributed by atoms with E-state index < -0.39 is 0 Å². The second-order valence-corrected chi connectivity index (χ2v) is 8.52. The third-order valence-electron chi connectivity index (χ3n) is 4.97. The van der Waals surface area contributed by atoms with Crippen LogP contribution < -0.4 is 4.80 Å². The number of carbonyl (C=O) groups excluding carboxylic acids is 2. The molecule has 158 valence electrons. The molecule has 1 amide bonds. The lowest BCUT2D eigenvalue weighted by Gasteiger charge is -2.06. The molecule has 0 aliphatic rings. The minimum Gasteiger partial charge on any atom is -0.465 e. The summed E-state index contributed by atoms with van der Waals surface area (Å²) in [5.41, 5.74) is 4.26. The Morgan fingerprint density at radius 2 is 1.77 bits per heavy atom. The van der Waals surface area contributed by atoms with Crippen LogP contribution in [-0.4, -0.2) is 23.1 Å². The van der Waals surface area contributed by atoms with Crippen LogP contribution in [0.15, 0.2) is 47.5 Å². The van der Waals surface area contributed by atoms with Crippen molar-refractivity contribution in [2.24, 2.45) is 4.99 Å². The van der Waals surface area contributed by atoms with E-state index >= 15 is 0 Å². The van der Waals surface area contributed by atoms with Crippen molar-refractivity contribution in [2.45, 2.75) is 53.0 Å². The van der Waals surface area contributed by atoms with Crippen LogP contribution in [0.3, 0.4) is 0 Å². The summed E-state index contributed by atoms with van der Waals surface area (Å²) in [6, 6.07) is 14.2. The van der Waals surface area contributed by atoms with E-state index in [9.17, 15) is 9.59 Å². The van der Waals surface area contributed by atoms with Gasteiger partial charge in [-0.05, 0) is 48.1 Å². The van der Waals surface area contributed by atoms with E-state index in [0.29, 0.717) is 17.3 Å². The summed E-state index contributed by atoms with van der Waals surface area (Å²) in [5.74, 6) is -0.116. The van der Waals surface area contributed by atoms with Gasteiger partial charge in [-0.25, -0.2) is 0 Å². The minimum absolute atomic E-state index is 0.0362. The van der Waals surface area contributed by atoms with Crippen molar-refractivity contribution in [3.8, 4) is 0 Å². The number of aryl methyl sites for hydroxylation is 1. The predicted octanol–water partition coefficient (Wildman–Crippen LogP) is 4.62. The summed E-state index contributed by atoms with van der Waals surface area (Å²) in [4.78, 5) is 29.7. The molecule has 0 atom stereocenters. The SMILES string of the molecule is CCOC(=O)Cn1c(=NC(=O)Cc2ccc(C(C)C)cc2)sc2cc(CC)ccc21. The molecule has 1 heterocycles. The normalized spacial score (nSPS) is 12.0. The maximum atomic E-state index is 12.7. The molecule has 1 aromatic heterocycles. The van der Waals surface area contributed by atoms with Crippen LogP contribution >= 0.6 is 11.3 Å². The van der Waals surface area contributed by atoms with Crippen molar-refractivity contribution in [1.82, 2.24) is 4.57 Å². The molecule has 0 saturated heterocycles. The number of amides is 1. The Morgan fingerprint density at radius 3 is 2.40 bits per heavy atom. The second kappa shape index (κ2) is 9.85. The number of hydrogen-bond donors (Lipinski definition) is 0. The minimum atomic E-state index is -0.338. The number of benzene rings is 2. The summed E-state index contributed by atoms with van der Waals surface area (Å²) in [7, 11) is 0. The number of esters is 1. The third kappa shape index (κ3) is 5.25. The highest BCUT2D eigenvalue weighted by atomic mass is 32.1. The highest BCUT2D eigenvalue weighted by Crippen LogP contribution is 2.20. The third-order valence-corrected chi connectivity index (χ3v) is 6.01. The van der Waals surface area contributed by atoms with Gasteiger partial charge >= 0.3 is 5.97 Å². The Kier molecular flexibility index (Phi) is 7.21. The lowest BCUT2D eigenvalue weighted by atomic mass is 10.0. The van der Waals surface area contributed by atoms with E-state index in [0.717, 1.165) is 22.2 Å². The first-order valence-electron chi connectivity index (χ1n) is 10.4. The summed E-state index contributed by atoms with van der Waals surface area (Å²) >= 11 is 1.43. The van der Waals surface area contributed by atoms with Crippen LogP contribution in [0.1, 0.15) is 50.3 Å².